The van der Waals surface area contributed by atoms with Crippen LogP contribution in [0.3, 0.4) is 0 Å². The third kappa shape index (κ3) is 5.02. The number of carbonyl (C=O) groups is 1. The molecular formula is C28H24N4O3. The number of rotatable bonds is 5. The van der Waals surface area contributed by atoms with E-state index in [2.05, 4.69) is 27.1 Å². The van der Waals surface area contributed by atoms with Crippen molar-refractivity contribution >= 4 is 28.3 Å². The van der Waals surface area contributed by atoms with Gasteiger partial charge in [0, 0.05) is 42.7 Å². The molecule has 4 aromatic rings. The number of fused-ring (bicyclic) bond motifs is 1. The summed E-state index contributed by atoms with van der Waals surface area (Å²) in [5, 5.41) is 4.23. The van der Waals surface area contributed by atoms with Gasteiger partial charge < -0.3 is 19.7 Å². The van der Waals surface area contributed by atoms with Crippen LogP contribution < -0.4 is 14.8 Å². The molecule has 3 aromatic carbocycles. The van der Waals surface area contributed by atoms with E-state index in [4.69, 9.17) is 9.47 Å². The summed E-state index contributed by atoms with van der Waals surface area (Å²) in [7, 11) is 1.61. The summed E-state index contributed by atoms with van der Waals surface area (Å²) in [6, 6.07) is 21.1. The Morgan fingerprint density at radius 2 is 1.86 bits per heavy atom. The van der Waals surface area contributed by atoms with E-state index in [1.165, 1.54) is 6.33 Å². The monoisotopic (exact) mass is 464 g/mol. The zero-order chi connectivity index (χ0) is 24.2. The average molecular weight is 465 g/mol. The second kappa shape index (κ2) is 9.74. The molecule has 1 aliphatic heterocycles. The summed E-state index contributed by atoms with van der Waals surface area (Å²) < 4.78 is 11.5. The Balaban J connectivity index is 1.37. The van der Waals surface area contributed by atoms with Gasteiger partial charge in [-0.25, -0.2) is 9.97 Å². The van der Waals surface area contributed by atoms with Crippen molar-refractivity contribution in [3.05, 3.63) is 78.6 Å². The lowest BCUT2D eigenvalue weighted by Crippen LogP contribution is -2.48. The number of hydrogen-bond acceptors (Lipinski definition) is 6. The van der Waals surface area contributed by atoms with Crippen LogP contribution in [0, 0.1) is 17.8 Å². The van der Waals surface area contributed by atoms with E-state index < -0.39 is 0 Å². The van der Waals surface area contributed by atoms with Gasteiger partial charge in [0.05, 0.1) is 18.5 Å². The Morgan fingerprint density at radius 1 is 1.03 bits per heavy atom. The van der Waals surface area contributed by atoms with Crippen molar-refractivity contribution < 1.29 is 14.3 Å². The Hall–Kier alpha value is -4.57. The largest absolute Gasteiger partial charge is 0.493 e. The van der Waals surface area contributed by atoms with Crippen molar-refractivity contribution in [2.45, 2.75) is 6.92 Å². The number of amides is 1. The standard InChI is InChI=1S/C28H24N4O3/c1-19(33)32-16-21(17-32)9-8-20-10-12-25-24(14-20)28(30-18-29-25)31-22-11-13-26(27(15-22)34-2)35-23-6-4-3-5-7-23/h3-7,10-15,18,21H,16-17H2,1-2H3,(H,29,30,31). The number of aromatic nitrogens is 2. The molecule has 7 heteroatoms. The van der Waals surface area contributed by atoms with Crippen LogP contribution in [0.4, 0.5) is 11.5 Å². The molecule has 35 heavy (non-hydrogen) atoms. The smallest absolute Gasteiger partial charge is 0.219 e. The van der Waals surface area contributed by atoms with E-state index in [0.717, 1.165) is 27.9 Å². The van der Waals surface area contributed by atoms with Crippen molar-refractivity contribution in [2.75, 3.05) is 25.5 Å². The Bertz CT molecular complexity index is 1440. The van der Waals surface area contributed by atoms with Crippen LogP contribution in [0.5, 0.6) is 17.2 Å². The molecule has 0 bridgehead atoms. The number of nitrogens with zero attached hydrogens (tertiary/aromatic N) is 3. The molecule has 0 aliphatic carbocycles. The van der Waals surface area contributed by atoms with E-state index in [1.807, 2.05) is 66.7 Å². The van der Waals surface area contributed by atoms with Crippen molar-refractivity contribution in [1.82, 2.24) is 14.9 Å². The van der Waals surface area contributed by atoms with Gasteiger partial charge in [-0.1, -0.05) is 30.0 Å². The van der Waals surface area contributed by atoms with Gasteiger partial charge in [0.1, 0.15) is 17.9 Å². The molecule has 1 amide bonds. The molecule has 0 radical (unpaired) electrons. The third-order valence-corrected chi connectivity index (χ3v) is 5.78. The van der Waals surface area contributed by atoms with Crippen LogP contribution in [0.1, 0.15) is 12.5 Å². The minimum Gasteiger partial charge on any atom is -0.493 e. The van der Waals surface area contributed by atoms with Crippen LogP contribution in [0.25, 0.3) is 10.9 Å². The molecule has 1 N–H and O–H groups in total. The fourth-order valence-corrected chi connectivity index (χ4v) is 3.83. The summed E-state index contributed by atoms with van der Waals surface area (Å²) in [5.41, 5.74) is 2.49. The maximum atomic E-state index is 11.4. The zero-order valence-electron chi connectivity index (χ0n) is 19.5. The minimum atomic E-state index is 0.0953. The highest BCUT2D eigenvalue weighted by atomic mass is 16.5. The number of para-hydroxylation sites is 1. The van der Waals surface area contributed by atoms with Crippen molar-refractivity contribution in [2.24, 2.45) is 5.92 Å². The lowest BCUT2D eigenvalue weighted by molar-refractivity contribution is -0.133. The highest BCUT2D eigenvalue weighted by molar-refractivity contribution is 5.91. The number of nitrogens with one attached hydrogen (secondary N) is 1. The Morgan fingerprint density at radius 3 is 2.63 bits per heavy atom. The molecule has 2 heterocycles. The lowest BCUT2D eigenvalue weighted by atomic mass is 10.0. The van der Waals surface area contributed by atoms with Crippen molar-refractivity contribution in [3.63, 3.8) is 0 Å². The second-order valence-corrected chi connectivity index (χ2v) is 8.25. The van der Waals surface area contributed by atoms with Crippen LogP contribution in [0.15, 0.2) is 73.1 Å². The first kappa shape index (κ1) is 22.2. The first-order valence-corrected chi connectivity index (χ1v) is 11.3. The molecule has 1 fully saturated rings. The fourth-order valence-electron chi connectivity index (χ4n) is 3.83. The average Bonchev–Trinajstić information content (AvgIpc) is 2.84. The molecule has 1 aromatic heterocycles. The van der Waals surface area contributed by atoms with Crippen LogP contribution in [0.2, 0.25) is 0 Å². The summed E-state index contributed by atoms with van der Waals surface area (Å²) in [6.45, 7) is 2.97. The van der Waals surface area contributed by atoms with Gasteiger partial charge in [0.15, 0.2) is 11.5 Å². The summed E-state index contributed by atoms with van der Waals surface area (Å²) in [6.07, 6.45) is 1.53. The zero-order valence-corrected chi connectivity index (χ0v) is 19.5. The third-order valence-electron chi connectivity index (χ3n) is 5.78. The molecule has 0 saturated carbocycles. The number of methoxy groups -OCH3 is 1. The SMILES string of the molecule is COc1cc(Nc2ncnc3ccc(C#CC4CN(C(C)=O)C4)cc23)ccc1Oc1ccccc1. The number of benzene rings is 3. The van der Waals surface area contributed by atoms with E-state index in [0.29, 0.717) is 30.4 Å². The minimum absolute atomic E-state index is 0.0953. The van der Waals surface area contributed by atoms with Gasteiger partial charge in [0.25, 0.3) is 0 Å². The predicted octanol–water partition coefficient (Wildman–Crippen LogP) is 5.00. The van der Waals surface area contributed by atoms with Gasteiger partial charge in [-0.3, -0.25) is 4.79 Å². The fraction of sp³-hybridized carbons (Fsp3) is 0.179. The predicted molar refractivity (Wildman–Crippen MR) is 135 cm³/mol. The summed E-state index contributed by atoms with van der Waals surface area (Å²) in [4.78, 5) is 22.0. The highest BCUT2D eigenvalue weighted by Gasteiger charge is 2.26. The molecule has 0 atom stereocenters. The van der Waals surface area contributed by atoms with Gasteiger partial charge in [-0.2, -0.15) is 0 Å². The number of carbonyl (C=O) groups excluding carboxylic acids is 1. The second-order valence-electron chi connectivity index (χ2n) is 8.25. The first-order valence-electron chi connectivity index (χ1n) is 11.3. The summed E-state index contributed by atoms with van der Waals surface area (Å²) in [5.74, 6) is 9.42. The highest BCUT2D eigenvalue weighted by Crippen LogP contribution is 2.35. The van der Waals surface area contributed by atoms with E-state index in [-0.39, 0.29) is 11.8 Å². The number of ether oxygens (including phenoxy) is 2. The van der Waals surface area contributed by atoms with Gasteiger partial charge >= 0.3 is 0 Å². The van der Waals surface area contributed by atoms with Crippen molar-refractivity contribution in [3.8, 4) is 29.1 Å². The lowest BCUT2D eigenvalue weighted by Gasteiger charge is -2.35. The molecule has 1 aliphatic rings. The first-order chi connectivity index (χ1) is 17.1. The molecule has 7 nitrogen and oxygen atoms in total. The van der Waals surface area contributed by atoms with Crippen LogP contribution >= 0.6 is 0 Å². The molecule has 1 saturated heterocycles. The maximum Gasteiger partial charge on any atom is 0.219 e. The number of anilines is 2. The van der Waals surface area contributed by atoms with Gasteiger partial charge in [-0.05, 0) is 42.5 Å². The van der Waals surface area contributed by atoms with Crippen LogP contribution in [-0.2, 0) is 4.79 Å². The Labute approximate surface area is 203 Å². The molecule has 5 rings (SSSR count). The molecule has 174 valence electrons. The maximum absolute atomic E-state index is 11.4. The van der Waals surface area contributed by atoms with Gasteiger partial charge in [0.2, 0.25) is 5.91 Å². The molecule has 0 spiro atoms. The molecule has 0 unspecified atom stereocenters. The van der Waals surface area contributed by atoms with E-state index >= 15 is 0 Å². The number of likely N-dealkylation sites (tertiary alicyclic amines) is 1. The summed E-state index contributed by atoms with van der Waals surface area (Å²) >= 11 is 0. The van der Waals surface area contributed by atoms with E-state index in [1.54, 1.807) is 18.9 Å². The van der Waals surface area contributed by atoms with Gasteiger partial charge in [-0.15, -0.1) is 0 Å². The Kier molecular flexibility index (Phi) is 6.18. The number of hydrogen-bond donors (Lipinski definition) is 1. The van der Waals surface area contributed by atoms with Crippen LogP contribution in [-0.4, -0.2) is 41.0 Å². The normalized spacial score (nSPS) is 12.9. The van der Waals surface area contributed by atoms with Crippen molar-refractivity contribution in [1.29, 1.82) is 0 Å². The van der Waals surface area contributed by atoms with E-state index in [9.17, 15) is 4.79 Å². The topological polar surface area (TPSA) is 76.6 Å². The molecular weight excluding hydrogens is 440 g/mol. The quantitative estimate of drug-likeness (QED) is 0.419.